The van der Waals surface area contributed by atoms with Crippen molar-refractivity contribution in [2.45, 2.75) is 13.5 Å². The third-order valence-electron chi connectivity index (χ3n) is 2.67. The van der Waals surface area contributed by atoms with Crippen LogP contribution in [0.1, 0.15) is 12.5 Å². The number of benzene rings is 1. The molecule has 2 aromatic rings. The van der Waals surface area contributed by atoms with Gasteiger partial charge in [0.05, 0.1) is 0 Å². The molecule has 0 aliphatic heterocycles. The molecule has 4 nitrogen and oxygen atoms in total. The molecule has 0 unspecified atom stereocenters. The Morgan fingerprint density at radius 1 is 1.44 bits per heavy atom. The summed E-state index contributed by atoms with van der Waals surface area (Å²) in [4.78, 5) is 0. The Morgan fingerprint density at radius 2 is 2.22 bits per heavy atom. The van der Waals surface area contributed by atoms with E-state index < -0.39 is 0 Å². The Labute approximate surface area is 113 Å². The summed E-state index contributed by atoms with van der Waals surface area (Å²) < 4.78 is 15.7. The van der Waals surface area contributed by atoms with Crippen molar-refractivity contribution in [3.05, 3.63) is 34.2 Å². The molecule has 0 aliphatic rings. The molecule has 1 aromatic heterocycles. The van der Waals surface area contributed by atoms with Crippen LogP contribution >= 0.6 is 15.9 Å². The SMILES string of the molecule is CCNCc1cc(F)ccc1-c1c(Br)nnn1C. The van der Waals surface area contributed by atoms with Crippen molar-refractivity contribution in [1.29, 1.82) is 0 Å². The molecule has 0 amide bonds. The Kier molecular flexibility index (Phi) is 4.08. The third-order valence-corrected chi connectivity index (χ3v) is 3.21. The molecule has 1 N–H and O–H groups in total. The molecule has 0 spiro atoms. The van der Waals surface area contributed by atoms with Gasteiger partial charge in [-0.15, -0.1) is 5.10 Å². The lowest BCUT2D eigenvalue weighted by Crippen LogP contribution is -2.13. The molecule has 0 fully saturated rings. The average molecular weight is 313 g/mol. The molecule has 1 aromatic carbocycles. The first-order chi connectivity index (χ1) is 8.63. The Balaban J connectivity index is 2.49. The predicted octanol–water partition coefficient (Wildman–Crippen LogP) is 2.49. The smallest absolute Gasteiger partial charge is 0.156 e. The van der Waals surface area contributed by atoms with Crippen molar-refractivity contribution in [2.24, 2.45) is 7.05 Å². The van der Waals surface area contributed by atoms with Crippen LogP contribution in [0.5, 0.6) is 0 Å². The monoisotopic (exact) mass is 312 g/mol. The second kappa shape index (κ2) is 5.58. The lowest BCUT2D eigenvalue weighted by Gasteiger charge is -2.10. The third kappa shape index (κ3) is 2.59. The topological polar surface area (TPSA) is 42.7 Å². The molecule has 2 rings (SSSR count). The molecular weight excluding hydrogens is 299 g/mol. The van der Waals surface area contributed by atoms with Crippen molar-refractivity contribution in [2.75, 3.05) is 6.54 Å². The first kappa shape index (κ1) is 13.2. The fourth-order valence-electron chi connectivity index (χ4n) is 1.82. The van der Waals surface area contributed by atoms with Gasteiger partial charge in [-0.3, -0.25) is 0 Å². The molecule has 0 aliphatic carbocycles. The zero-order valence-corrected chi connectivity index (χ0v) is 11.8. The standard InChI is InChI=1S/C12H14BrFN4/c1-3-15-7-8-6-9(14)4-5-10(8)11-12(13)16-17-18(11)2/h4-6,15H,3,7H2,1-2H3. The van der Waals surface area contributed by atoms with Crippen LogP contribution in [-0.2, 0) is 13.6 Å². The van der Waals surface area contributed by atoms with Crippen molar-refractivity contribution in [3.63, 3.8) is 0 Å². The summed E-state index contributed by atoms with van der Waals surface area (Å²) in [6.07, 6.45) is 0. The first-order valence-electron chi connectivity index (χ1n) is 5.68. The van der Waals surface area contributed by atoms with Gasteiger partial charge < -0.3 is 5.32 Å². The summed E-state index contributed by atoms with van der Waals surface area (Å²) in [5.74, 6) is -0.238. The number of hydrogen-bond acceptors (Lipinski definition) is 3. The zero-order valence-electron chi connectivity index (χ0n) is 10.2. The van der Waals surface area contributed by atoms with E-state index in [1.54, 1.807) is 10.7 Å². The number of nitrogens with zero attached hydrogens (tertiary/aromatic N) is 3. The quantitative estimate of drug-likeness (QED) is 0.943. The minimum Gasteiger partial charge on any atom is -0.313 e. The van der Waals surface area contributed by atoms with Crippen LogP contribution in [0.15, 0.2) is 22.8 Å². The minimum absolute atomic E-state index is 0.238. The van der Waals surface area contributed by atoms with E-state index in [4.69, 9.17) is 0 Å². The Hall–Kier alpha value is -1.27. The summed E-state index contributed by atoms with van der Waals surface area (Å²) in [5.41, 5.74) is 2.67. The summed E-state index contributed by atoms with van der Waals surface area (Å²) in [6, 6.07) is 4.74. The van der Waals surface area contributed by atoms with E-state index >= 15 is 0 Å². The summed E-state index contributed by atoms with van der Waals surface area (Å²) in [5, 5.41) is 11.1. The van der Waals surface area contributed by atoms with Crippen LogP contribution in [0.25, 0.3) is 11.3 Å². The van der Waals surface area contributed by atoms with Gasteiger partial charge in [0.2, 0.25) is 0 Å². The van der Waals surface area contributed by atoms with E-state index in [2.05, 4.69) is 31.6 Å². The van der Waals surface area contributed by atoms with Crippen molar-refractivity contribution >= 4 is 15.9 Å². The van der Waals surface area contributed by atoms with Gasteiger partial charge in [-0.2, -0.15) is 0 Å². The lowest BCUT2D eigenvalue weighted by atomic mass is 10.0. The summed E-state index contributed by atoms with van der Waals surface area (Å²) in [6.45, 7) is 3.46. The Morgan fingerprint density at radius 3 is 2.83 bits per heavy atom. The van der Waals surface area contributed by atoms with Crippen LogP contribution in [0.2, 0.25) is 0 Å². The van der Waals surface area contributed by atoms with Gasteiger partial charge >= 0.3 is 0 Å². The number of rotatable bonds is 4. The zero-order chi connectivity index (χ0) is 13.1. The fourth-order valence-corrected chi connectivity index (χ4v) is 2.36. The van der Waals surface area contributed by atoms with Gasteiger partial charge in [0.25, 0.3) is 0 Å². The highest BCUT2D eigenvalue weighted by Crippen LogP contribution is 2.29. The van der Waals surface area contributed by atoms with Crippen molar-refractivity contribution in [1.82, 2.24) is 20.3 Å². The van der Waals surface area contributed by atoms with Gasteiger partial charge in [0.1, 0.15) is 11.5 Å². The number of aryl methyl sites for hydroxylation is 1. The lowest BCUT2D eigenvalue weighted by molar-refractivity contribution is 0.622. The molecule has 96 valence electrons. The number of nitrogens with one attached hydrogen (secondary N) is 1. The molecule has 0 atom stereocenters. The van der Waals surface area contributed by atoms with E-state index in [9.17, 15) is 4.39 Å². The summed E-state index contributed by atoms with van der Waals surface area (Å²) >= 11 is 3.37. The first-order valence-corrected chi connectivity index (χ1v) is 6.47. The van der Waals surface area contributed by atoms with Crippen LogP contribution < -0.4 is 5.32 Å². The molecular formula is C12H14BrFN4. The highest BCUT2D eigenvalue weighted by molar-refractivity contribution is 9.10. The van der Waals surface area contributed by atoms with Gasteiger partial charge in [-0.25, -0.2) is 9.07 Å². The van der Waals surface area contributed by atoms with Crippen LogP contribution in [0.4, 0.5) is 4.39 Å². The maximum atomic E-state index is 13.3. The minimum atomic E-state index is -0.238. The second-order valence-corrected chi connectivity index (χ2v) is 4.69. The molecule has 0 bridgehead atoms. The highest BCUT2D eigenvalue weighted by Gasteiger charge is 2.14. The molecule has 0 radical (unpaired) electrons. The summed E-state index contributed by atoms with van der Waals surface area (Å²) in [7, 11) is 1.81. The van der Waals surface area contributed by atoms with Crippen LogP contribution in [0, 0.1) is 5.82 Å². The van der Waals surface area contributed by atoms with Crippen molar-refractivity contribution in [3.8, 4) is 11.3 Å². The van der Waals surface area contributed by atoms with Gasteiger partial charge in [-0.05, 0) is 46.2 Å². The number of aromatic nitrogens is 3. The number of halogens is 2. The van der Waals surface area contributed by atoms with Crippen molar-refractivity contribution < 1.29 is 4.39 Å². The van der Waals surface area contributed by atoms with Gasteiger partial charge in [0.15, 0.2) is 4.60 Å². The second-order valence-electron chi connectivity index (χ2n) is 3.93. The molecule has 18 heavy (non-hydrogen) atoms. The highest BCUT2D eigenvalue weighted by atomic mass is 79.9. The van der Waals surface area contributed by atoms with E-state index in [-0.39, 0.29) is 5.82 Å². The molecule has 6 heteroatoms. The maximum Gasteiger partial charge on any atom is 0.156 e. The average Bonchev–Trinajstić information content (AvgIpc) is 2.67. The Bertz CT molecular complexity index is 534. The molecule has 1 heterocycles. The van der Waals surface area contributed by atoms with Crippen LogP contribution in [-0.4, -0.2) is 21.5 Å². The van der Waals surface area contributed by atoms with Gasteiger partial charge in [-0.1, -0.05) is 12.1 Å². The van der Waals surface area contributed by atoms with Crippen LogP contribution in [0.3, 0.4) is 0 Å². The van der Waals surface area contributed by atoms with Gasteiger partial charge in [0, 0.05) is 19.2 Å². The fraction of sp³-hybridized carbons (Fsp3) is 0.333. The largest absolute Gasteiger partial charge is 0.313 e. The number of hydrogen-bond donors (Lipinski definition) is 1. The van der Waals surface area contributed by atoms with E-state index in [1.165, 1.54) is 12.1 Å². The molecule has 0 saturated heterocycles. The van der Waals surface area contributed by atoms with E-state index in [0.717, 1.165) is 23.4 Å². The normalized spacial score (nSPS) is 10.9. The maximum absolute atomic E-state index is 13.3. The van der Waals surface area contributed by atoms with E-state index in [1.807, 2.05) is 14.0 Å². The van der Waals surface area contributed by atoms with E-state index in [0.29, 0.717) is 11.1 Å². The molecule has 0 saturated carbocycles. The predicted molar refractivity (Wildman–Crippen MR) is 71.5 cm³/mol.